The molecule has 3 atom stereocenters. The molecule has 34 heavy (non-hydrogen) atoms. The van der Waals surface area contributed by atoms with E-state index in [1.807, 2.05) is 0 Å². The Hall–Kier alpha value is -2.20. The molecule has 6 nitrogen and oxygen atoms in total. The Labute approximate surface area is 194 Å². The summed E-state index contributed by atoms with van der Waals surface area (Å²) < 4.78 is 63.5. The molecule has 1 saturated carbocycles. The highest BCUT2D eigenvalue weighted by Gasteiger charge is 2.42. The summed E-state index contributed by atoms with van der Waals surface area (Å²) in [5, 5.41) is 13.0. The molecule has 2 aromatic rings. The molecule has 10 heteroatoms. The Morgan fingerprint density at radius 1 is 1.26 bits per heavy atom. The van der Waals surface area contributed by atoms with Crippen molar-refractivity contribution in [3.05, 3.63) is 34.8 Å². The van der Waals surface area contributed by atoms with Gasteiger partial charge in [-0.2, -0.15) is 8.78 Å². The molecule has 2 aliphatic heterocycles. The quantitative estimate of drug-likeness (QED) is 0.599. The number of halogens is 4. The number of aliphatic hydroxyl groups is 1. The van der Waals surface area contributed by atoms with Gasteiger partial charge in [0, 0.05) is 25.3 Å². The number of imidazole rings is 1. The molecule has 3 fully saturated rings. The molecule has 0 spiro atoms. The second-order valence-corrected chi connectivity index (χ2v) is 10.1. The number of alkyl halides is 4. The first kappa shape index (κ1) is 23.5. The summed E-state index contributed by atoms with van der Waals surface area (Å²) in [6.07, 6.45) is 2.85. The van der Waals surface area contributed by atoms with E-state index >= 15 is 0 Å². The molecule has 0 radical (unpaired) electrons. The Balaban J connectivity index is 1.47. The zero-order valence-corrected chi connectivity index (χ0v) is 19.0. The number of aromatic nitrogens is 2. The van der Waals surface area contributed by atoms with Crippen LogP contribution >= 0.6 is 0 Å². The maximum atomic E-state index is 14.5. The lowest BCUT2D eigenvalue weighted by Gasteiger charge is -2.28. The van der Waals surface area contributed by atoms with Crippen LogP contribution in [0.4, 0.5) is 17.6 Å². The topological polar surface area (TPSA) is 75.9 Å². The largest absolute Gasteiger partial charge is 0.390 e. The lowest BCUT2D eigenvalue weighted by atomic mass is 9.83. The van der Waals surface area contributed by atoms with Crippen LogP contribution in [0.1, 0.15) is 79.3 Å². The highest BCUT2D eigenvalue weighted by molar-refractivity contribution is 5.95. The summed E-state index contributed by atoms with van der Waals surface area (Å²) in [6, 6.07) is 2.82. The maximum Gasteiger partial charge on any atom is 0.288 e. The summed E-state index contributed by atoms with van der Waals surface area (Å²) in [4.78, 5) is 17.1. The average Bonchev–Trinajstić information content (AvgIpc) is 3.48. The molecule has 0 aromatic carbocycles. The van der Waals surface area contributed by atoms with Crippen molar-refractivity contribution < 1.29 is 32.2 Å². The van der Waals surface area contributed by atoms with Gasteiger partial charge >= 0.3 is 0 Å². The van der Waals surface area contributed by atoms with Gasteiger partial charge in [0.2, 0.25) is 5.92 Å². The second-order valence-electron chi connectivity index (χ2n) is 10.1. The van der Waals surface area contributed by atoms with Crippen molar-refractivity contribution in [2.45, 2.75) is 95.0 Å². The fourth-order valence-electron chi connectivity index (χ4n) is 5.72. The highest BCUT2D eigenvalue weighted by atomic mass is 19.3. The molecular formula is C24H29F4N3O3. The molecule has 2 N–H and O–H groups in total. The van der Waals surface area contributed by atoms with Gasteiger partial charge in [0.05, 0.1) is 36.2 Å². The van der Waals surface area contributed by atoms with Gasteiger partial charge in [-0.1, -0.05) is 0 Å². The van der Waals surface area contributed by atoms with Crippen LogP contribution in [0, 0.1) is 5.92 Å². The van der Waals surface area contributed by atoms with Crippen LogP contribution in [-0.4, -0.2) is 44.6 Å². The SMILES string of the molecule is CC(F)(F)c1nc2cc(C(=O)N[C@H]3C[C@@H]4CC[C@H]3O4)cc(CO)n2c1CC1CCC(F)(F)CC1. The molecule has 2 saturated heterocycles. The lowest BCUT2D eigenvalue weighted by molar-refractivity contribution is -0.0460. The Morgan fingerprint density at radius 2 is 2.00 bits per heavy atom. The van der Waals surface area contributed by atoms with Crippen LogP contribution in [0.5, 0.6) is 0 Å². The van der Waals surface area contributed by atoms with E-state index in [2.05, 4.69) is 10.3 Å². The fourth-order valence-corrected chi connectivity index (χ4v) is 5.72. The van der Waals surface area contributed by atoms with Crippen LogP contribution in [-0.2, 0) is 23.7 Å². The van der Waals surface area contributed by atoms with Crippen molar-refractivity contribution in [3.63, 3.8) is 0 Å². The number of aliphatic hydroxyl groups excluding tert-OH is 1. The molecule has 2 bridgehead atoms. The van der Waals surface area contributed by atoms with E-state index in [0.29, 0.717) is 0 Å². The first-order valence-corrected chi connectivity index (χ1v) is 11.9. The molecule has 3 aliphatic rings. The number of pyridine rings is 1. The molecule has 2 aromatic heterocycles. The van der Waals surface area contributed by atoms with E-state index in [-0.39, 0.29) is 84.8 Å². The minimum atomic E-state index is -3.27. The standard InChI is InChI=1S/C24H29F4N3O3/c1-23(25,26)21-18(8-13-4-6-24(27,28)7-5-13)31-15(12-32)9-14(10-20(31)30-21)22(33)29-17-11-16-2-3-19(17)34-16/h9-10,13,16-17,19,32H,2-8,11-12H2,1H3,(H,29,33)/t16-,17-,19+/m0/s1. The molecule has 186 valence electrons. The predicted molar refractivity (Wildman–Crippen MR) is 115 cm³/mol. The van der Waals surface area contributed by atoms with Crippen LogP contribution in [0.3, 0.4) is 0 Å². The maximum absolute atomic E-state index is 14.5. The van der Waals surface area contributed by atoms with Gasteiger partial charge in [0.25, 0.3) is 11.8 Å². The Bertz CT molecular complexity index is 1090. The lowest BCUT2D eigenvalue weighted by Crippen LogP contribution is -2.41. The number of ether oxygens (including phenoxy) is 1. The van der Waals surface area contributed by atoms with Crippen molar-refractivity contribution >= 4 is 11.6 Å². The second kappa shape index (κ2) is 8.48. The summed E-state index contributed by atoms with van der Waals surface area (Å²) in [6.45, 7) is 0.254. The number of carbonyl (C=O) groups is 1. The summed E-state index contributed by atoms with van der Waals surface area (Å²) in [7, 11) is 0. The van der Waals surface area contributed by atoms with E-state index in [0.717, 1.165) is 26.2 Å². The van der Waals surface area contributed by atoms with Crippen LogP contribution < -0.4 is 5.32 Å². The average molecular weight is 484 g/mol. The third kappa shape index (κ3) is 4.42. The number of fused-ring (bicyclic) bond motifs is 3. The summed E-state index contributed by atoms with van der Waals surface area (Å²) in [5.74, 6) is -6.54. The minimum Gasteiger partial charge on any atom is -0.390 e. The summed E-state index contributed by atoms with van der Waals surface area (Å²) >= 11 is 0. The number of hydrogen-bond donors (Lipinski definition) is 2. The molecule has 5 rings (SSSR count). The van der Waals surface area contributed by atoms with E-state index in [1.165, 1.54) is 16.5 Å². The zero-order chi connectivity index (χ0) is 24.3. The van der Waals surface area contributed by atoms with Crippen LogP contribution in [0.2, 0.25) is 0 Å². The molecule has 1 amide bonds. The van der Waals surface area contributed by atoms with Crippen molar-refractivity contribution in [1.82, 2.24) is 14.7 Å². The van der Waals surface area contributed by atoms with E-state index in [4.69, 9.17) is 4.74 Å². The highest BCUT2D eigenvalue weighted by Crippen LogP contribution is 2.40. The van der Waals surface area contributed by atoms with E-state index in [1.54, 1.807) is 0 Å². The zero-order valence-electron chi connectivity index (χ0n) is 19.0. The molecule has 4 heterocycles. The number of rotatable bonds is 6. The molecule has 0 unspecified atom stereocenters. The van der Waals surface area contributed by atoms with E-state index in [9.17, 15) is 27.5 Å². The smallest absolute Gasteiger partial charge is 0.288 e. The Morgan fingerprint density at radius 3 is 2.59 bits per heavy atom. The number of amides is 1. The monoisotopic (exact) mass is 483 g/mol. The van der Waals surface area contributed by atoms with Crippen molar-refractivity contribution in [2.24, 2.45) is 5.92 Å². The number of nitrogens with zero attached hydrogens (tertiary/aromatic N) is 2. The predicted octanol–water partition coefficient (Wildman–Crippen LogP) is 4.36. The van der Waals surface area contributed by atoms with Crippen LogP contribution in [0.25, 0.3) is 5.65 Å². The van der Waals surface area contributed by atoms with Crippen LogP contribution in [0.15, 0.2) is 12.1 Å². The van der Waals surface area contributed by atoms with Gasteiger partial charge < -0.3 is 15.2 Å². The van der Waals surface area contributed by atoms with Gasteiger partial charge in [-0.05, 0) is 56.6 Å². The van der Waals surface area contributed by atoms with Crippen molar-refractivity contribution in [2.75, 3.05) is 0 Å². The van der Waals surface area contributed by atoms with Crippen molar-refractivity contribution in [1.29, 1.82) is 0 Å². The fraction of sp³-hybridized carbons (Fsp3) is 0.667. The number of nitrogens with one attached hydrogen (secondary N) is 1. The van der Waals surface area contributed by atoms with Gasteiger partial charge in [-0.25, -0.2) is 13.8 Å². The van der Waals surface area contributed by atoms with Crippen molar-refractivity contribution in [3.8, 4) is 0 Å². The minimum absolute atomic E-state index is 0.0127. The first-order valence-electron chi connectivity index (χ1n) is 11.9. The number of hydrogen-bond acceptors (Lipinski definition) is 4. The summed E-state index contributed by atoms with van der Waals surface area (Å²) in [5.41, 5.74) is 0.368. The first-order chi connectivity index (χ1) is 16.0. The molecular weight excluding hydrogens is 454 g/mol. The normalized spacial score (nSPS) is 26.9. The Kier molecular flexibility index (Phi) is 5.87. The van der Waals surface area contributed by atoms with Gasteiger partial charge in [-0.3, -0.25) is 9.20 Å². The van der Waals surface area contributed by atoms with E-state index < -0.39 is 24.1 Å². The van der Waals surface area contributed by atoms with Gasteiger partial charge in [0.1, 0.15) is 11.3 Å². The number of carbonyl (C=O) groups excluding carboxylic acids is 1. The third-order valence-corrected chi connectivity index (χ3v) is 7.47. The third-order valence-electron chi connectivity index (χ3n) is 7.47. The molecule has 1 aliphatic carbocycles. The van der Waals surface area contributed by atoms with Gasteiger partial charge in [0.15, 0.2) is 0 Å². The van der Waals surface area contributed by atoms with Gasteiger partial charge in [-0.15, -0.1) is 0 Å².